The number of piperazine rings is 1. The third-order valence-corrected chi connectivity index (χ3v) is 3.16. The molecular weight excluding hydrogens is 272 g/mol. The molecule has 0 bridgehead atoms. The molecule has 2 heterocycles. The Morgan fingerprint density at radius 2 is 1.90 bits per heavy atom. The van der Waals surface area contributed by atoms with Crippen LogP contribution in [0.4, 0.5) is 0 Å². The first kappa shape index (κ1) is 15.6. The molecule has 1 aliphatic heterocycles. The van der Waals surface area contributed by atoms with E-state index in [2.05, 4.69) is 0 Å². The lowest BCUT2D eigenvalue weighted by molar-refractivity contribution is -0.156. The van der Waals surface area contributed by atoms with Gasteiger partial charge in [-0.25, -0.2) is 0 Å². The number of hydrogen-bond donors (Lipinski definition) is 0. The van der Waals surface area contributed by atoms with Gasteiger partial charge in [-0.3, -0.25) is 14.5 Å². The highest BCUT2D eigenvalue weighted by atomic mass is 16.6. The van der Waals surface area contributed by atoms with Crippen LogP contribution >= 0.6 is 0 Å². The smallest absolute Gasteiger partial charge is 0.320 e. The van der Waals surface area contributed by atoms with Crippen molar-refractivity contribution in [2.75, 3.05) is 32.7 Å². The second kappa shape index (κ2) is 6.30. The summed E-state index contributed by atoms with van der Waals surface area (Å²) >= 11 is 0. The molecule has 0 unspecified atom stereocenters. The number of amides is 1. The van der Waals surface area contributed by atoms with Gasteiger partial charge in [0.1, 0.15) is 5.60 Å². The normalized spacial score (nSPS) is 16.8. The molecule has 1 amide bonds. The molecule has 6 heteroatoms. The van der Waals surface area contributed by atoms with E-state index in [1.54, 1.807) is 17.0 Å². The van der Waals surface area contributed by atoms with Crippen molar-refractivity contribution in [3.63, 3.8) is 0 Å². The molecule has 1 fully saturated rings. The molecule has 21 heavy (non-hydrogen) atoms. The maximum absolute atomic E-state index is 12.1. The van der Waals surface area contributed by atoms with Crippen LogP contribution in [-0.4, -0.2) is 60.0 Å². The van der Waals surface area contributed by atoms with E-state index in [1.807, 2.05) is 25.7 Å². The first-order valence-corrected chi connectivity index (χ1v) is 7.12. The molecular formula is C15H22N2O4. The third-order valence-electron chi connectivity index (χ3n) is 3.16. The van der Waals surface area contributed by atoms with E-state index in [0.717, 1.165) is 0 Å². The van der Waals surface area contributed by atoms with Gasteiger partial charge in [-0.1, -0.05) is 0 Å². The van der Waals surface area contributed by atoms with Crippen LogP contribution in [-0.2, 0) is 9.53 Å². The molecule has 116 valence electrons. The van der Waals surface area contributed by atoms with E-state index in [9.17, 15) is 9.59 Å². The summed E-state index contributed by atoms with van der Waals surface area (Å²) in [5.41, 5.74) is -0.464. The van der Waals surface area contributed by atoms with Gasteiger partial charge in [0, 0.05) is 26.2 Å². The average molecular weight is 294 g/mol. The molecule has 2 rings (SSSR count). The maximum Gasteiger partial charge on any atom is 0.320 e. The second-order valence-electron chi connectivity index (χ2n) is 6.13. The first-order valence-electron chi connectivity index (χ1n) is 7.12. The second-order valence-corrected chi connectivity index (χ2v) is 6.13. The summed E-state index contributed by atoms with van der Waals surface area (Å²) in [6, 6.07) is 3.36. The van der Waals surface area contributed by atoms with Gasteiger partial charge in [-0.2, -0.15) is 0 Å². The minimum absolute atomic E-state index is 0.100. The highest BCUT2D eigenvalue weighted by Crippen LogP contribution is 2.11. The fraction of sp³-hybridized carbons (Fsp3) is 0.600. The van der Waals surface area contributed by atoms with Crippen LogP contribution < -0.4 is 0 Å². The van der Waals surface area contributed by atoms with Crippen molar-refractivity contribution in [3.05, 3.63) is 24.2 Å². The van der Waals surface area contributed by atoms with E-state index < -0.39 is 5.60 Å². The van der Waals surface area contributed by atoms with Crippen molar-refractivity contribution >= 4 is 11.9 Å². The monoisotopic (exact) mass is 294 g/mol. The van der Waals surface area contributed by atoms with Gasteiger partial charge in [-0.15, -0.1) is 0 Å². The molecule has 0 aliphatic carbocycles. The lowest BCUT2D eigenvalue weighted by atomic mass is 10.2. The number of furan rings is 1. The molecule has 0 spiro atoms. The Hall–Kier alpha value is -1.82. The van der Waals surface area contributed by atoms with Gasteiger partial charge >= 0.3 is 5.97 Å². The van der Waals surface area contributed by atoms with Crippen molar-refractivity contribution in [2.24, 2.45) is 0 Å². The molecule has 0 atom stereocenters. The van der Waals surface area contributed by atoms with Crippen molar-refractivity contribution in [2.45, 2.75) is 26.4 Å². The van der Waals surface area contributed by atoms with Gasteiger partial charge < -0.3 is 14.1 Å². The zero-order valence-corrected chi connectivity index (χ0v) is 12.8. The Morgan fingerprint density at radius 3 is 2.43 bits per heavy atom. The lowest BCUT2D eigenvalue weighted by Crippen LogP contribution is -2.50. The zero-order valence-electron chi connectivity index (χ0n) is 12.8. The van der Waals surface area contributed by atoms with Gasteiger partial charge in [0.25, 0.3) is 5.91 Å². The SMILES string of the molecule is CC(C)(C)OC(=O)CN1CCN(C(=O)c2ccco2)CC1. The number of ether oxygens (including phenoxy) is 1. The van der Waals surface area contributed by atoms with Gasteiger partial charge in [0.2, 0.25) is 0 Å². The molecule has 1 aromatic heterocycles. The van der Waals surface area contributed by atoms with Crippen LogP contribution in [0.5, 0.6) is 0 Å². The Bertz CT molecular complexity index is 482. The molecule has 0 radical (unpaired) electrons. The van der Waals surface area contributed by atoms with Crippen LogP contribution in [0.2, 0.25) is 0 Å². The quantitative estimate of drug-likeness (QED) is 0.788. The van der Waals surface area contributed by atoms with Crippen molar-refractivity contribution in [1.82, 2.24) is 9.80 Å². The van der Waals surface area contributed by atoms with Crippen LogP contribution in [0.1, 0.15) is 31.3 Å². The number of carbonyl (C=O) groups excluding carboxylic acids is 2. The van der Waals surface area contributed by atoms with Gasteiger partial charge in [0.05, 0.1) is 12.8 Å². The van der Waals surface area contributed by atoms with Crippen molar-refractivity contribution < 1.29 is 18.7 Å². The number of hydrogen-bond acceptors (Lipinski definition) is 5. The summed E-state index contributed by atoms with van der Waals surface area (Å²) in [7, 11) is 0. The summed E-state index contributed by atoms with van der Waals surface area (Å²) in [4.78, 5) is 27.6. The van der Waals surface area contributed by atoms with Crippen molar-refractivity contribution in [1.29, 1.82) is 0 Å². The van der Waals surface area contributed by atoms with E-state index in [1.165, 1.54) is 6.26 Å². The highest BCUT2D eigenvalue weighted by Gasteiger charge is 2.26. The Labute approximate surface area is 124 Å². The predicted molar refractivity (Wildman–Crippen MR) is 76.9 cm³/mol. The third kappa shape index (κ3) is 4.60. The largest absolute Gasteiger partial charge is 0.459 e. The van der Waals surface area contributed by atoms with E-state index in [0.29, 0.717) is 31.9 Å². The minimum Gasteiger partial charge on any atom is -0.459 e. The van der Waals surface area contributed by atoms with Crippen LogP contribution in [0, 0.1) is 0 Å². The average Bonchev–Trinajstić information content (AvgIpc) is 2.90. The van der Waals surface area contributed by atoms with E-state index in [4.69, 9.17) is 9.15 Å². The maximum atomic E-state index is 12.1. The molecule has 0 N–H and O–H groups in total. The lowest BCUT2D eigenvalue weighted by Gasteiger charge is -2.34. The number of nitrogens with zero attached hydrogens (tertiary/aromatic N) is 2. The molecule has 0 saturated carbocycles. The number of carbonyl (C=O) groups is 2. The number of esters is 1. The molecule has 1 saturated heterocycles. The molecule has 6 nitrogen and oxygen atoms in total. The Kier molecular flexibility index (Phi) is 4.67. The van der Waals surface area contributed by atoms with E-state index >= 15 is 0 Å². The molecule has 1 aromatic rings. The first-order chi connectivity index (χ1) is 9.85. The van der Waals surface area contributed by atoms with Crippen LogP contribution in [0.15, 0.2) is 22.8 Å². The summed E-state index contributed by atoms with van der Waals surface area (Å²) in [5, 5.41) is 0. The minimum atomic E-state index is -0.464. The predicted octanol–water partition coefficient (Wildman–Crippen LogP) is 1.38. The summed E-state index contributed by atoms with van der Waals surface area (Å²) < 4.78 is 10.4. The fourth-order valence-corrected chi connectivity index (χ4v) is 2.22. The van der Waals surface area contributed by atoms with Crippen LogP contribution in [0.3, 0.4) is 0 Å². The van der Waals surface area contributed by atoms with Gasteiger partial charge in [-0.05, 0) is 32.9 Å². The summed E-state index contributed by atoms with van der Waals surface area (Å²) in [6.45, 7) is 8.31. The summed E-state index contributed by atoms with van der Waals surface area (Å²) in [6.07, 6.45) is 1.49. The van der Waals surface area contributed by atoms with E-state index in [-0.39, 0.29) is 18.4 Å². The Morgan fingerprint density at radius 1 is 1.24 bits per heavy atom. The van der Waals surface area contributed by atoms with Crippen molar-refractivity contribution in [3.8, 4) is 0 Å². The topological polar surface area (TPSA) is 63.0 Å². The molecule has 1 aliphatic rings. The van der Waals surface area contributed by atoms with Crippen LogP contribution in [0.25, 0.3) is 0 Å². The van der Waals surface area contributed by atoms with Gasteiger partial charge in [0.15, 0.2) is 5.76 Å². The molecule has 0 aromatic carbocycles. The Balaban J connectivity index is 1.78. The number of rotatable bonds is 3. The fourth-order valence-electron chi connectivity index (χ4n) is 2.22. The highest BCUT2D eigenvalue weighted by molar-refractivity contribution is 5.91. The standard InChI is InChI=1S/C15H22N2O4/c1-15(2,3)21-13(18)11-16-6-8-17(9-7-16)14(19)12-5-4-10-20-12/h4-5,10H,6-9,11H2,1-3H3. The zero-order chi connectivity index (χ0) is 15.5. The summed E-state index contributed by atoms with van der Waals surface area (Å²) in [5.74, 6) is 0.0285.